The van der Waals surface area contributed by atoms with Gasteiger partial charge in [-0.05, 0) is 37.0 Å². The number of hydrogen-bond acceptors (Lipinski definition) is 3. The molecule has 1 aromatic rings. The second-order valence-electron chi connectivity index (χ2n) is 4.15. The Balaban J connectivity index is 2.44. The topological polar surface area (TPSA) is 42.2 Å². The van der Waals surface area contributed by atoms with E-state index in [0.29, 0.717) is 0 Å². The van der Waals surface area contributed by atoms with Gasteiger partial charge in [0.2, 0.25) is 0 Å². The molecule has 1 aliphatic rings. The summed E-state index contributed by atoms with van der Waals surface area (Å²) in [6, 6.07) is 8.12. The first-order valence-corrected chi connectivity index (χ1v) is 5.39. The highest BCUT2D eigenvalue weighted by atomic mass is 16.5. The third kappa shape index (κ3) is 1.61. The summed E-state index contributed by atoms with van der Waals surface area (Å²) in [7, 11) is 3.25. The van der Waals surface area contributed by atoms with Crippen LogP contribution in [0.15, 0.2) is 18.2 Å². The molecule has 0 aromatic heterocycles. The van der Waals surface area contributed by atoms with Crippen LogP contribution in [0.1, 0.15) is 24.8 Å². The van der Waals surface area contributed by atoms with Crippen molar-refractivity contribution in [3.63, 3.8) is 0 Å². The molecule has 3 heteroatoms. The molecule has 3 nitrogen and oxygen atoms in total. The van der Waals surface area contributed by atoms with E-state index < -0.39 is 0 Å². The molecule has 0 atom stereocenters. The zero-order valence-electron chi connectivity index (χ0n) is 9.62. The van der Waals surface area contributed by atoms with Crippen LogP contribution in [-0.2, 0) is 5.41 Å². The second-order valence-corrected chi connectivity index (χ2v) is 4.15. The molecular weight excluding hydrogens is 202 g/mol. The van der Waals surface area contributed by atoms with Crippen molar-refractivity contribution in [1.29, 1.82) is 5.26 Å². The van der Waals surface area contributed by atoms with E-state index in [-0.39, 0.29) is 5.41 Å². The lowest BCUT2D eigenvalue weighted by atomic mass is 9.65. The minimum atomic E-state index is -0.318. The predicted octanol–water partition coefficient (Wildman–Crippen LogP) is 2.65. The molecule has 0 spiro atoms. The standard InChI is InChI=1S/C13H15NO2/c1-15-11-6-10(7-12(8-11)16-2)13(9-14)4-3-5-13/h6-8H,3-5H2,1-2H3. The Morgan fingerprint density at radius 2 is 1.69 bits per heavy atom. The van der Waals surface area contributed by atoms with Crippen molar-refractivity contribution < 1.29 is 9.47 Å². The number of ether oxygens (including phenoxy) is 2. The lowest BCUT2D eigenvalue weighted by molar-refractivity contribution is 0.319. The highest BCUT2D eigenvalue weighted by Crippen LogP contribution is 2.45. The number of nitriles is 1. The summed E-state index contributed by atoms with van der Waals surface area (Å²) in [5, 5.41) is 9.29. The third-order valence-corrected chi connectivity index (χ3v) is 3.33. The zero-order valence-corrected chi connectivity index (χ0v) is 9.62. The molecule has 84 valence electrons. The molecule has 0 N–H and O–H groups in total. The van der Waals surface area contributed by atoms with Gasteiger partial charge < -0.3 is 9.47 Å². The number of nitrogens with zero attached hydrogens (tertiary/aromatic N) is 1. The fourth-order valence-corrected chi connectivity index (χ4v) is 2.08. The van der Waals surface area contributed by atoms with Crippen LogP contribution in [0.25, 0.3) is 0 Å². The van der Waals surface area contributed by atoms with E-state index in [1.54, 1.807) is 14.2 Å². The minimum Gasteiger partial charge on any atom is -0.497 e. The second kappa shape index (κ2) is 4.05. The summed E-state index contributed by atoms with van der Waals surface area (Å²) in [6.07, 6.45) is 2.98. The molecule has 1 aliphatic carbocycles. The number of hydrogen-bond donors (Lipinski definition) is 0. The van der Waals surface area contributed by atoms with E-state index in [2.05, 4.69) is 6.07 Å². The van der Waals surface area contributed by atoms with Crippen LogP contribution in [-0.4, -0.2) is 14.2 Å². The van der Waals surface area contributed by atoms with E-state index >= 15 is 0 Å². The summed E-state index contributed by atoms with van der Waals surface area (Å²) in [6.45, 7) is 0. The van der Waals surface area contributed by atoms with E-state index in [1.165, 1.54) is 0 Å². The van der Waals surface area contributed by atoms with Crippen molar-refractivity contribution in [2.24, 2.45) is 0 Å². The Labute approximate surface area is 95.6 Å². The lowest BCUT2D eigenvalue weighted by Crippen LogP contribution is -2.32. The van der Waals surface area contributed by atoms with E-state index in [0.717, 1.165) is 36.3 Å². The van der Waals surface area contributed by atoms with Gasteiger partial charge in [0.05, 0.1) is 25.7 Å². The molecule has 0 radical (unpaired) electrons. The van der Waals surface area contributed by atoms with Crippen molar-refractivity contribution >= 4 is 0 Å². The highest BCUT2D eigenvalue weighted by Gasteiger charge is 2.39. The maximum Gasteiger partial charge on any atom is 0.122 e. The van der Waals surface area contributed by atoms with Gasteiger partial charge in [-0.3, -0.25) is 0 Å². The SMILES string of the molecule is COc1cc(OC)cc(C2(C#N)CCC2)c1. The highest BCUT2D eigenvalue weighted by molar-refractivity contribution is 5.45. The minimum absolute atomic E-state index is 0.318. The van der Waals surface area contributed by atoms with Crippen molar-refractivity contribution in [2.45, 2.75) is 24.7 Å². The molecule has 0 saturated heterocycles. The lowest BCUT2D eigenvalue weighted by Gasteiger charge is -2.35. The smallest absolute Gasteiger partial charge is 0.122 e. The van der Waals surface area contributed by atoms with Gasteiger partial charge in [-0.2, -0.15) is 5.26 Å². The van der Waals surface area contributed by atoms with Gasteiger partial charge in [-0.1, -0.05) is 0 Å². The maximum atomic E-state index is 9.29. The van der Waals surface area contributed by atoms with Crippen LogP contribution >= 0.6 is 0 Å². The van der Waals surface area contributed by atoms with Crippen molar-refractivity contribution in [2.75, 3.05) is 14.2 Å². The number of benzene rings is 1. The normalized spacial score (nSPS) is 17.1. The quantitative estimate of drug-likeness (QED) is 0.781. The summed E-state index contributed by atoms with van der Waals surface area (Å²) >= 11 is 0. The van der Waals surface area contributed by atoms with Crippen LogP contribution in [0.5, 0.6) is 11.5 Å². The van der Waals surface area contributed by atoms with Crippen LogP contribution in [0.2, 0.25) is 0 Å². The van der Waals surface area contributed by atoms with E-state index in [4.69, 9.17) is 9.47 Å². The molecule has 0 aliphatic heterocycles. The summed E-state index contributed by atoms with van der Waals surface area (Å²) < 4.78 is 10.4. The number of methoxy groups -OCH3 is 2. The van der Waals surface area contributed by atoms with Crippen molar-refractivity contribution in [1.82, 2.24) is 0 Å². The zero-order chi connectivity index (χ0) is 11.6. The van der Waals surface area contributed by atoms with Crippen molar-refractivity contribution in [3.8, 4) is 17.6 Å². The molecule has 1 aromatic carbocycles. The Hall–Kier alpha value is -1.69. The Kier molecular flexibility index (Phi) is 2.74. The van der Waals surface area contributed by atoms with Crippen LogP contribution in [0.3, 0.4) is 0 Å². The van der Waals surface area contributed by atoms with Gasteiger partial charge >= 0.3 is 0 Å². The largest absolute Gasteiger partial charge is 0.497 e. The molecule has 16 heavy (non-hydrogen) atoms. The Bertz CT molecular complexity index is 408. The first-order chi connectivity index (χ1) is 7.74. The summed E-state index contributed by atoms with van der Waals surface area (Å²) in [4.78, 5) is 0. The van der Waals surface area contributed by atoms with Gasteiger partial charge in [0.15, 0.2) is 0 Å². The van der Waals surface area contributed by atoms with Crippen LogP contribution < -0.4 is 9.47 Å². The van der Waals surface area contributed by atoms with Gasteiger partial charge in [-0.15, -0.1) is 0 Å². The molecule has 2 rings (SSSR count). The first-order valence-electron chi connectivity index (χ1n) is 5.39. The van der Waals surface area contributed by atoms with Gasteiger partial charge in [0.1, 0.15) is 11.5 Å². The maximum absolute atomic E-state index is 9.29. The summed E-state index contributed by atoms with van der Waals surface area (Å²) in [5.41, 5.74) is 0.694. The molecule has 0 unspecified atom stereocenters. The fourth-order valence-electron chi connectivity index (χ4n) is 2.08. The molecule has 0 bridgehead atoms. The monoisotopic (exact) mass is 217 g/mol. The summed E-state index contributed by atoms with van der Waals surface area (Å²) in [5.74, 6) is 1.49. The third-order valence-electron chi connectivity index (χ3n) is 3.33. The average Bonchev–Trinajstić information content (AvgIpc) is 2.28. The Morgan fingerprint density at radius 1 is 1.12 bits per heavy atom. The van der Waals surface area contributed by atoms with Crippen molar-refractivity contribution in [3.05, 3.63) is 23.8 Å². The molecule has 1 saturated carbocycles. The van der Waals surface area contributed by atoms with Crippen LogP contribution in [0.4, 0.5) is 0 Å². The molecule has 1 fully saturated rings. The fraction of sp³-hybridized carbons (Fsp3) is 0.462. The average molecular weight is 217 g/mol. The van der Waals surface area contributed by atoms with E-state index in [9.17, 15) is 5.26 Å². The predicted molar refractivity (Wildman–Crippen MR) is 60.7 cm³/mol. The van der Waals surface area contributed by atoms with Crippen LogP contribution in [0, 0.1) is 11.3 Å². The molecule has 0 heterocycles. The number of rotatable bonds is 3. The Morgan fingerprint density at radius 3 is 2.00 bits per heavy atom. The van der Waals surface area contributed by atoms with Gasteiger partial charge in [0, 0.05) is 6.07 Å². The molecule has 0 amide bonds. The van der Waals surface area contributed by atoms with Gasteiger partial charge in [-0.25, -0.2) is 0 Å². The first kappa shape index (κ1) is 10.8. The molecular formula is C13H15NO2. The van der Waals surface area contributed by atoms with E-state index in [1.807, 2.05) is 18.2 Å². The van der Waals surface area contributed by atoms with Gasteiger partial charge in [0.25, 0.3) is 0 Å².